The van der Waals surface area contributed by atoms with E-state index in [1.807, 2.05) is 30.9 Å². The van der Waals surface area contributed by atoms with Gasteiger partial charge in [-0.05, 0) is 42.3 Å². The van der Waals surface area contributed by atoms with Crippen molar-refractivity contribution in [3.05, 3.63) is 70.2 Å². The number of benzene rings is 2. The minimum atomic E-state index is 0.396. The zero-order chi connectivity index (χ0) is 15.1. The van der Waals surface area contributed by atoms with Crippen molar-refractivity contribution in [2.24, 2.45) is 0 Å². The summed E-state index contributed by atoms with van der Waals surface area (Å²) in [6.45, 7) is 2.19. The van der Waals surface area contributed by atoms with Gasteiger partial charge in [0.25, 0.3) is 0 Å². The number of aryl methyl sites for hydroxylation is 1. The summed E-state index contributed by atoms with van der Waals surface area (Å²) in [5.74, 6) is 2.08. The molecule has 2 aromatic rings. The van der Waals surface area contributed by atoms with Gasteiger partial charge in [0.05, 0.1) is 0 Å². The van der Waals surface area contributed by atoms with Crippen molar-refractivity contribution in [2.45, 2.75) is 25.1 Å². The maximum atomic E-state index is 5.91. The molecule has 0 radical (unpaired) electrons. The second-order valence-electron chi connectivity index (χ2n) is 5.08. The molecule has 1 nitrogen and oxygen atoms in total. The van der Waals surface area contributed by atoms with Crippen molar-refractivity contribution in [1.82, 2.24) is 5.32 Å². The Morgan fingerprint density at radius 1 is 1.00 bits per heavy atom. The largest absolute Gasteiger partial charge is 0.312 e. The Bertz CT molecular complexity index is 536. The van der Waals surface area contributed by atoms with Crippen LogP contribution in [0.4, 0.5) is 0 Å². The summed E-state index contributed by atoms with van der Waals surface area (Å²) in [6, 6.07) is 17.4. The molecule has 0 spiro atoms. The van der Waals surface area contributed by atoms with Crippen molar-refractivity contribution < 1.29 is 0 Å². The molecule has 0 fully saturated rings. The van der Waals surface area contributed by atoms with E-state index in [2.05, 4.69) is 48.6 Å². The minimum absolute atomic E-state index is 0.396. The maximum Gasteiger partial charge on any atom is 0.0409 e. The zero-order valence-corrected chi connectivity index (χ0v) is 14.2. The fourth-order valence-corrected chi connectivity index (χ4v) is 3.47. The summed E-state index contributed by atoms with van der Waals surface area (Å²) in [5, 5.41) is 4.21. The van der Waals surface area contributed by atoms with Crippen LogP contribution in [0.2, 0.25) is 5.02 Å². The molecule has 21 heavy (non-hydrogen) atoms. The van der Waals surface area contributed by atoms with Gasteiger partial charge in [0.2, 0.25) is 0 Å². The lowest BCUT2D eigenvalue weighted by atomic mass is 10.1. The molecule has 0 aliphatic rings. The number of halogens is 1. The summed E-state index contributed by atoms with van der Waals surface area (Å²) in [4.78, 5) is 0. The predicted molar refractivity (Wildman–Crippen MR) is 95.2 cm³/mol. The Labute approximate surface area is 137 Å². The lowest BCUT2D eigenvalue weighted by Crippen LogP contribution is -2.18. The summed E-state index contributed by atoms with van der Waals surface area (Å²) < 4.78 is 0. The van der Waals surface area contributed by atoms with Gasteiger partial charge in [0, 0.05) is 22.6 Å². The van der Waals surface area contributed by atoms with E-state index in [1.165, 1.54) is 16.7 Å². The fraction of sp³-hybridized carbons (Fsp3) is 0.333. The summed E-state index contributed by atoms with van der Waals surface area (Å²) >= 11 is 7.85. The smallest absolute Gasteiger partial charge is 0.0409 e. The average molecular weight is 320 g/mol. The van der Waals surface area contributed by atoms with Crippen LogP contribution in [0, 0.1) is 0 Å². The van der Waals surface area contributed by atoms with E-state index in [-0.39, 0.29) is 0 Å². The van der Waals surface area contributed by atoms with Crippen LogP contribution in [-0.4, -0.2) is 12.8 Å². The van der Waals surface area contributed by atoms with Gasteiger partial charge in [-0.25, -0.2) is 0 Å². The van der Waals surface area contributed by atoms with Crippen molar-refractivity contribution in [3.63, 3.8) is 0 Å². The highest BCUT2D eigenvalue weighted by Crippen LogP contribution is 2.22. The summed E-state index contributed by atoms with van der Waals surface area (Å²) in [6.07, 6.45) is 1.09. The van der Waals surface area contributed by atoms with Crippen LogP contribution in [-0.2, 0) is 12.2 Å². The van der Waals surface area contributed by atoms with Crippen LogP contribution in [0.1, 0.15) is 29.7 Å². The van der Waals surface area contributed by atoms with Crippen LogP contribution in [0.25, 0.3) is 0 Å². The molecule has 0 saturated carbocycles. The third-order valence-electron chi connectivity index (χ3n) is 3.61. The Morgan fingerprint density at radius 3 is 2.19 bits per heavy atom. The minimum Gasteiger partial charge on any atom is -0.312 e. The number of hydrogen-bond acceptors (Lipinski definition) is 2. The normalized spacial score (nSPS) is 12.3. The van der Waals surface area contributed by atoms with Gasteiger partial charge in [-0.2, -0.15) is 11.8 Å². The van der Waals surface area contributed by atoms with E-state index >= 15 is 0 Å². The van der Waals surface area contributed by atoms with Gasteiger partial charge in [-0.3, -0.25) is 0 Å². The van der Waals surface area contributed by atoms with Crippen LogP contribution in [0.3, 0.4) is 0 Å². The van der Waals surface area contributed by atoms with Crippen LogP contribution in [0.5, 0.6) is 0 Å². The second-order valence-corrected chi connectivity index (χ2v) is 6.54. The van der Waals surface area contributed by atoms with Crippen molar-refractivity contribution in [1.29, 1.82) is 0 Å². The first-order valence-corrected chi connectivity index (χ1v) is 8.84. The van der Waals surface area contributed by atoms with E-state index in [0.29, 0.717) is 6.04 Å². The number of nitrogens with one attached hydrogen (secondary N) is 1. The van der Waals surface area contributed by atoms with Crippen molar-refractivity contribution in [2.75, 3.05) is 12.8 Å². The van der Waals surface area contributed by atoms with Gasteiger partial charge >= 0.3 is 0 Å². The molecule has 1 atom stereocenters. The molecule has 0 aromatic heterocycles. The van der Waals surface area contributed by atoms with Crippen LogP contribution >= 0.6 is 23.4 Å². The number of rotatable bonds is 7. The summed E-state index contributed by atoms with van der Waals surface area (Å²) in [5.41, 5.74) is 4.07. The monoisotopic (exact) mass is 319 g/mol. The Morgan fingerprint density at radius 2 is 1.62 bits per heavy atom. The Kier molecular flexibility index (Phi) is 6.62. The standard InChI is InChI=1S/C18H22ClNS/c1-3-14-4-8-16(9-5-14)18(20-2)13-21-12-15-6-10-17(19)11-7-15/h4-11,18,20H,3,12-13H2,1-2H3. The van der Waals surface area contributed by atoms with E-state index < -0.39 is 0 Å². The molecule has 0 heterocycles. The van der Waals surface area contributed by atoms with Crippen molar-refractivity contribution >= 4 is 23.4 Å². The van der Waals surface area contributed by atoms with Gasteiger partial charge in [0.1, 0.15) is 0 Å². The van der Waals surface area contributed by atoms with Crippen LogP contribution in [0.15, 0.2) is 48.5 Å². The van der Waals surface area contributed by atoms with E-state index in [4.69, 9.17) is 11.6 Å². The molecule has 0 amide bonds. The highest BCUT2D eigenvalue weighted by Gasteiger charge is 2.09. The SMILES string of the molecule is CCc1ccc(C(CSCc2ccc(Cl)cc2)NC)cc1. The highest BCUT2D eigenvalue weighted by molar-refractivity contribution is 7.98. The fourth-order valence-electron chi connectivity index (χ4n) is 2.21. The van der Waals surface area contributed by atoms with Gasteiger partial charge in [0.15, 0.2) is 0 Å². The van der Waals surface area contributed by atoms with E-state index in [0.717, 1.165) is 22.9 Å². The summed E-state index contributed by atoms with van der Waals surface area (Å²) in [7, 11) is 2.03. The molecule has 0 aliphatic heterocycles. The van der Waals surface area contributed by atoms with E-state index in [9.17, 15) is 0 Å². The third kappa shape index (κ3) is 5.06. The van der Waals surface area contributed by atoms with E-state index in [1.54, 1.807) is 0 Å². The first kappa shape index (κ1) is 16.4. The van der Waals surface area contributed by atoms with Crippen LogP contribution < -0.4 is 5.32 Å². The molecule has 2 aromatic carbocycles. The predicted octanol–water partition coefficient (Wildman–Crippen LogP) is 5.10. The molecule has 1 N–H and O–H groups in total. The zero-order valence-electron chi connectivity index (χ0n) is 12.6. The van der Waals surface area contributed by atoms with Gasteiger partial charge in [-0.1, -0.05) is 54.9 Å². The number of hydrogen-bond donors (Lipinski definition) is 1. The quantitative estimate of drug-likeness (QED) is 0.762. The average Bonchev–Trinajstić information content (AvgIpc) is 2.53. The van der Waals surface area contributed by atoms with Gasteiger partial charge < -0.3 is 5.32 Å². The molecule has 0 bridgehead atoms. The second kappa shape index (κ2) is 8.47. The van der Waals surface area contributed by atoms with Crippen molar-refractivity contribution in [3.8, 4) is 0 Å². The topological polar surface area (TPSA) is 12.0 Å². The molecule has 1 unspecified atom stereocenters. The lowest BCUT2D eigenvalue weighted by Gasteiger charge is -2.16. The number of thioether (sulfide) groups is 1. The molecule has 2 rings (SSSR count). The molecule has 3 heteroatoms. The first-order chi connectivity index (χ1) is 10.2. The molecule has 0 saturated heterocycles. The molecule has 112 valence electrons. The highest BCUT2D eigenvalue weighted by atomic mass is 35.5. The lowest BCUT2D eigenvalue weighted by molar-refractivity contribution is 0.661. The Hall–Kier alpha value is -0.960. The third-order valence-corrected chi connectivity index (χ3v) is 4.96. The van der Waals surface area contributed by atoms with Gasteiger partial charge in [-0.15, -0.1) is 0 Å². The first-order valence-electron chi connectivity index (χ1n) is 7.31. The Balaban J connectivity index is 1.88. The molecular weight excluding hydrogens is 298 g/mol. The molecular formula is C18H22ClNS. The molecule has 0 aliphatic carbocycles. The maximum absolute atomic E-state index is 5.91.